The van der Waals surface area contributed by atoms with Gasteiger partial charge in [0.2, 0.25) is 0 Å². The summed E-state index contributed by atoms with van der Waals surface area (Å²) < 4.78 is 56.1. The van der Waals surface area contributed by atoms with Crippen LogP contribution in [-0.4, -0.2) is 22.1 Å². The minimum Gasteiger partial charge on any atom is -0.598 e. The average molecular weight is 323 g/mol. The standard InChI is InChI=1S/C14H20F3NO2S/c1-9(18-21(19)14(2,3)4)10-6-5-7-11(8-10)20-13(17)12(15)16/h5-9,12-13,18H,1-4H3/t9-,13?,21?/m0/s1. The van der Waals surface area contributed by atoms with E-state index in [1.807, 2.05) is 20.8 Å². The lowest BCUT2D eigenvalue weighted by Crippen LogP contribution is -2.40. The third-order valence-corrected chi connectivity index (χ3v) is 4.32. The van der Waals surface area contributed by atoms with E-state index in [0.29, 0.717) is 5.56 Å². The van der Waals surface area contributed by atoms with Gasteiger partial charge in [-0.15, -0.1) is 4.72 Å². The van der Waals surface area contributed by atoms with Crippen molar-refractivity contribution in [2.75, 3.05) is 0 Å². The maximum Gasteiger partial charge on any atom is 0.304 e. The Labute approximate surface area is 126 Å². The Morgan fingerprint density at radius 2 is 1.86 bits per heavy atom. The van der Waals surface area contributed by atoms with Crippen molar-refractivity contribution < 1.29 is 22.5 Å². The fraction of sp³-hybridized carbons (Fsp3) is 0.571. The zero-order valence-corrected chi connectivity index (χ0v) is 13.2. The molecule has 0 aliphatic rings. The van der Waals surface area contributed by atoms with Crippen LogP contribution in [0.25, 0.3) is 0 Å². The van der Waals surface area contributed by atoms with Crippen LogP contribution in [0.1, 0.15) is 39.3 Å². The Morgan fingerprint density at radius 3 is 2.38 bits per heavy atom. The third-order valence-electron chi connectivity index (χ3n) is 2.64. The Balaban J connectivity index is 2.75. The molecular formula is C14H20F3NO2S. The predicted molar refractivity (Wildman–Crippen MR) is 77.4 cm³/mol. The van der Waals surface area contributed by atoms with Crippen molar-refractivity contribution in [3.63, 3.8) is 0 Å². The lowest BCUT2D eigenvalue weighted by Gasteiger charge is -2.26. The number of ether oxygens (including phenoxy) is 1. The van der Waals surface area contributed by atoms with E-state index in [9.17, 15) is 17.7 Å². The van der Waals surface area contributed by atoms with Gasteiger partial charge in [0.15, 0.2) is 0 Å². The smallest absolute Gasteiger partial charge is 0.304 e. The molecule has 0 spiro atoms. The molecule has 0 saturated heterocycles. The second-order valence-corrected chi connectivity index (χ2v) is 7.59. The molecule has 1 aromatic rings. The lowest BCUT2D eigenvalue weighted by atomic mass is 10.1. The van der Waals surface area contributed by atoms with Gasteiger partial charge in [-0.2, -0.15) is 4.39 Å². The van der Waals surface area contributed by atoms with Gasteiger partial charge in [-0.3, -0.25) is 0 Å². The van der Waals surface area contributed by atoms with E-state index in [2.05, 4.69) is 9.46 Å². The molecule has 0 aliphatic carbocycles. The second kappa shape index (κ2) is 7.38. The first-order chi connectivity index (χ1) is 9.61. The van der Waals surface area contributed by atoms with E-state index in [1.165, 1.54) is 12.1 Å². The molecule has 0 saturated carbocycles. The molecule has 3 nitrogen and oxygen atoms in total. The molecular weight excluding hydrogens is 303 g/mol. The normalized spacial score (nSPS) is 16.6. The molecule has 7 heteroatoms. The van der Waals surface area contributed by atoms with Gasteiger partial charge < -0.3 is 9.29 Å². The molecule has 1 aromatic carbocycles. The zero-order valence-electron chi connectivity index (χ0n) is 12.4. The average Bonchev–Trinajstić information content (AvgIpc) is 2.37. The van der Waals surface area contributed by atoms with Crippen molar-refractivity contribution in [3.8, 4) is 5.75 Å². The van der Waals surface area contributed by atoms with E-state index in [1.54, 1.807) is 19.1 Å². The summed E-state index contributed by atoms with van der Waals surface area (Å²) in [7, 11) is 0. The van der Waals surface area contributed by atoms with E-state index >= 15 is 0 Å². The van der Waals surface area contributed by atoms with Crippen molar-refractivity contribution in [3.05, 3.63) is 29.8 Å². The fourth-order valence-electron chi connectivity index (χ4n) is 1.44. The third kappa shape index (κ3) is 5.76. The van der Waals surface area contributed by atoms with Crippen molar-refractivity contribution >= 4 is 11.4 Å². The number of hydrogen-bond donors (Lipinski definition) is 1. The van der Waals surface area contributed by atoms with E-state index in [0.717, 1.165) is 0 Å². The van der Waals surface area contributed by atoms with Crippen LogP contribution in [0.3, 0.4) is 0 Å². The quantitative estimate of drug-likeness (QED) is 0.811. The second-order valence-electron chi connectivity index (χ2n) is 5.60. The largest absolute Gasteiger partial charge is 0.598 e. The molecule has 120 valence electrons. The van der Waals surface area contributed by atoms with Crippen molar-refractivity contribution in [2.45, 2.75) is 51.3 Å². The van der Waals surface area contributed by atoms with Gasteiger partial charge in [0, 0.05) is 11.4 Å². The summed E-state index contributed by atoms with van der Waals surface area (Å²) in [6.45, 7) is 7.28. The molecule has 3 atom stereocenters. The van der Waals surface area contributed by atoms with Crippen molar-refractivity contribution in [2.24, 2.45) is 0 Å². The first-order valence-electron chi connectivity index (χ1n) is 6.48. The highest BCUT2D eigenvalue weighted by atomic mass is 32.2. The van der Waals surface area contributed by atoms with Gasteiger partial charge >= 0.3 is 6.43 Å². The highest BCUT2D eigenvalue weighted by Gasteiger charge is 2.28. The van der Waals surface area contributed by atoms with Gasteiger partial charge in [0.1, 0.15) is 10.5 Å². The molecule has 1 rings (SSSR count). The highest BCUT2D eigenvalue weighted by Crippen LogP contribution is 2.24. The lowest BCUT2D eigenvalue weighted by molar-refractivity contribution is -0.0669. The summed E-state index contributed by atoms with van der Waals surface area (Å²) in [5, 5.41) is 0. The van der Waals surface area contributed by atoms with Crippen molar-refractivity contribution in [1.82, 2.24) is 4.72 Å². The van der Waals surface area contributed by atoms with E-state index in [-0.39, 0.29) is 11.8 Å². The van der Waals surface area contributed by atoms with Gasteiger partial charge in [-0.1, -0.05) is 12.1 Å². The van der Waals surface area contributed by atoms with Crippen LogP contribution in [0.2, 0.25) is 0 Å². The topological polar surface area (TPSA) is 44.3 Å². The Morgan fingerprint density at radius 1 is 1.24 bits per heavy atom. The maximum absolute atomic E-state index is 12.9. The SMILES string of the molecule is C[C@H](N[S+]([O-])C(C)(C)C)c1cccc(OC(F)C(F)F)c1. The maximum atomic E-state index is 12.9. The molecule has 0 fully saturated rings. The van der Waals surface area contributed by atoms with Crippen LogP contribution in [0.4, 0.5) is 13.2 Å². The van der Waals surface area contributed by atoms with Gasteiger partial charge in [0.25, 0.3) is 6.36 Å². The van der Waals surface area contributed by atoms with Crippen molar-refractivity contribution in [1.29, 1.82) is 0 Å². The Bertz CT molecular complexity index is 454. The van der Waals surface area contributed by atoms with Gasteiger partial charge in [0.05, 0.1) is 6.04 Å². The van der Waals surface area contributed by atoms with E-state index < -0.39 is 28.9 Å². The van der Waals surface area contributed by atoms with Crippen LogP contribution in [0, 0.1) is 0 Å². The Hall–Kier alpha value is -0.920. The zero-order chi connectivity index (χ0) is 16.2. The molecule has 21 heavy (non-hydrogen) atoms. The summed E-state index contributed by atoms with van der Waals surface area (Å²) in [5.74, 6) is 0.00971. The summed E-state index contributed by atoms with van der Waals surface area (Å²) >= 11 is -1.28. The number of rotatable bonds is 6. The molecule has 0 radical (unpaired) electrons. The number of nitrogens with one attached hydrogen (secondary N) is 1. The minimum atomic E-state index is -3.20. The Kier molecular flexibility index (Phi) is 6.37. The summed E-state index contributed by atoms with van der Waals surface area (Å²) in [5.41, 5.74) is 0.673. The van der Waals surface area contributed by atoms with Gasteiger partial charge in [-0.25, -0.2) is 8.78 Å². The van der Waals surface area contributed by atoms with Crippen LogP contribution < -0.4 is 9.46 Å². The number of hydrogen-bond acceptors (Lipinski definition) is 3. The first kappa shape index (κ1) is 18.1. The van der Waals surface area contributed by atoms with E-state index in [4.69, 9.17) is 0 Å². The van der Waals surface area contributed by atoms with Crippen LogP contribution in [0.15, 0.2) is 24.3 Å². The first-order valence-corrected chi connectivity index (χ1v) is 7.63. The van der Waals surface area contributed by atoms with Crippen LogP contribution >= 0.6 is 0 Å². The number of benzene rings is 1. The highest BCUT2D eigenvalue weighted by molar-refractivity contribution is 7.90. The van der Waals surface area contributed by atoms with Gasteiger partial charge in [-0.05, 0) is 45.4 Å². The summed E-state index contributed by atoms with van der Waals surface area (Å²) in [6, 6.07) is 5.85. The molecule has 0 heterocycles. The van der Waals surface area contributed by atoms with Crippen LogP contribution in [-0.2, 0) is 11.4 Å². The fourth-order valence-corrected chi connectivity index (χ4v) is 2.25. The summed E-state index contributed by atoms with van der Waals surface area (Å²) in [4.78, 5) is 0. The molecule has 0 aliphatic heterocycles. The predicted octanol–water partition coefficient (Wildman–Crippen LogP) is 3.74. The summed E-state index contributed by atoms with van der Waals surface area (Å²) in [6.07, 6.45) is -5.86. The molecule has 0 amide bonds. The number of halogens is 3. The number of alkyl halides is 3. The molecule has 2 unspecified atom stereocenters. The molecule has 1 N–H and O–H groups in total. The monoisotopic (exact) mass is 323 g/mol. The van der Waals surface area contributed by atoms with Crippen LogP contribution in [0.5, 0.6) is 5.75 Å². The molecule has 0 aromatic heterocycles. The molecule has 0 bridgehead atoms. The minimum absolute atomic E-state index is 0.00971.